The van der Waals surface area contributed by atoms with Gasteiger partial charge in [-0.3, -0.25) is 9.59 Å². The summed E-state index contributed by atoms with van der Waals surface area (Å²) in [6.45, 7) is 2.24. The van der Waals surface area contributed by atoms with E-state index < -0.39 is 5.91 Å². The van der Waals surface area contributed by atoms with Crippen molar-refractivity contribution in [2.45, 2.75) is 19.5 Å². The third kappa shape index (κ3) is 5.70. The number of thiazole rings is 1. The Morgan fingerprint density at radius 1 is 1.06 bits per heavy atom. The number of nitrogens with zero attached hydrogens (tertiary/aromatic N) is 2. The van der Waals surface area contributed by atoms with Gasteiger partial charge in [0.05, 0.1) is 26.8 Å². The van der Waals surface area contributed by atoms with Crippen LogP contribution in [0.4, 0.5) is 0 Å². The number of methoxy groups -OCH3 is 2. The van der Waals surface area contributed by atoms with Crippen LogP contribution in [-0.4, -0.2) is 30.6 Å². The standard InChI is InChI=1S/C26H25N3O5S/c1-17(18-7-5-4-6-8-18)27-25(31)22-12-10-20(34-22)16-29-13-14-35-26(29)28-24(30)19-9-11-21(32-2)23(15-19)33-3/h4-15,17H,16H2,1-3H3,(H,27,31)/t17-/m0/s1. The van der Waals surface area contributed by atoms with Gasteiger partial charge in [-0.15, -0.1) is 11.3 Å². The molecule has 8 nitrogen and oxygen atoms in total. The van der Waals surface area contributed by atoms with Gasteiger partial charge < -0.3 is 23.8 Å². The summed E-state index contributed by atoms with van der Waals surface area (Å²) in [6, 6.07) is 17.8. The van der Waals surface area contributed by atoms with Gasteiger partial charge >= 0.3 is 0 Å². The first kappa shape index (κ1) is 24.0. The number of ether oxygens (including phenoxy) is 2. The van der Waals surface area contributed by atoms with Gasteiger partial charge in [0.2, 0.25) is 0 Å². The highest BCUT2D eigenvalue weighted by Crippen LogP contribution is 2.27. The zero-order chi connectivity index (χ0) is 24.8. The van der Waals surface area contributed by atoms with Crippen molar-refractivity contribution in [3.63, 3.8) is 0 Å². The maximum Gasteiger partial charge on any atom is 0.287 e. The van der Waals surface area contributed by atoms with E-state index in [9.17, 15) is 9.59 Å². The topological polar surface area (TPSA) is 95.1 Å². The molecule has 0 unspecified atom stereocenters. The first-order chi connectivity index (χ1) is 17.0. The molecule has 0 saturated heterocycles. The van der Waals surface area contributed by atoms with Crippen LogP contribution >= 0.6 is 11.3 Å². The Morgan fingerprint density at radius 2 is 1.83 bits per heavy atom. The van der Waals surface area contributed by atoms with Crippen LogP contribution in [0.1, 0.15) is 45.2 Å². The van der Waals surface area contributed by atoms with Gasteiger partial charge in [-0.2, -0.15) is 4.99 Å². The van der Waals surface area contributed by atoms with E-state index in [0.29, 0.717) is 34.2 Å². The number of benzene rings is 2. The summed E-state index contributed by atoms with van der Waals surface area (Å²) >= 11 is 1.33. The summed E-state index contributed by atoms with van der Waals surface area (Å²) in [5.74, 6) is 1.08. The number of nitrogens with one attached hydrogen (secondary N) is 1. The zero-order valence-electron chi connectivity index (χ0n) is 19.6. The summed E-state index contributed by atoms with van der Waals surface area (Å²) in [4.78, 5) is 30.1. The molecule has 0 aliphatic heterocycles. The quantitative estimate of drug-likeness (QED) is 0.393. The number of amides is 2. The van der Waals surface area contributed by atoms with Gasteiger partial charge in [0.15, 0.2) is 22.1 Å². The van der Waals surface area contributed by atoms with Crippen LogP contribution in [0.2, 0.25) is 0 Å². The second-order valence-corrected chi connectivity index (χ2v) is 8.55. The average Bonchev–Trinajstić information content (AvgIpc) is 3.54. The molecule has 0 bridgehead atoms. The van der Waals surface area contributed by atoms with Crippen LogP contribution in [0.25, 0.3) is 0 Å². The fourth-order valence-corrected chi connectivity index (χ4v) is 4.20. The number of hydrogen-bond acceptors (Lipinski definition) is 6. The Bertz CT molecular complexity index is 1390. The van der Waals surface area contributed by atoms with E-state index in [-0.39, 0.29) is 17.7 Å². The van der Waals surface area contributed by atoms with Gasteiger partial charge in [0, 0.05) is 17.1 Å². The first-order valence-corrected chi connectivity index (χ1v) is 11.8. The van der Waals surface area contributed by atoms with E-state index in [1.165, 1.54) is 25.6 Å². The van der Waals surface area contributed by atoms with Crippen molar-refractivity contribution < 1.29 is 23.5 Å². The number of rotatable bonds is 8. The molecule has 2 amide bonds. The fraction of sp³-hybridized carbons (Fsp3) is 0.192. The monoisotopic (exact) mass is 491 g/mol. The molecule has 2 aromatic heterocycles. The van der Waals surface area contributed by atoms with Gasteiger partial charge in [-0.25, -0.2) is 0 Å². The first-order valence-electron chi connectivity index (χ1n) is 10.9. The molecule has 9 heteroatoms. The minimum absolute atomic E-state index is 0.156. The third-order valence-electron chi connectivity index (χ3n) is 5.35. The Labute approximate surface area is 206 Å². The summed E-state index contributed by atoms with van der Waals surface area (Å²) in [6.07, 6.45) is 1.81. The predicted octanol–water partition coefficient (Wildman–Crippen LogP) is 4.44. The maximum atomic E-state index is 12.8. The Morgan fingerprint density at radius 3 is 2.57 bits per heavy atom. The molecule has 0 fully saturated rings. The predicted molar refractivity (Wildman–Crippen MR) is 132 cm³/mol. The number of aromatic nitrogens is 1. The maximum absolute atomic E-state index is 12.8. The smallest absolute Gasteiger partial charge is 0.287 e. The number of hydrogen-bond donors (Lipinski definition) is 1. The summed E-state index contributed by atoms with van der Waals surface area (Å²) in [7, 11) is 3.04. The van der Waals surface area contributed by atoms with Crippen molar-refractivity contribution in [1.29, 1.82) is 0 Å². The van der Waals surface area contributed by atoms with Gasteiger partial charge in [0.1, 0.15) is 5.76 Å². The third-order valence-corrected chi connectivity index (χ3v) is 6.14. The van der Waals surface area contributed by atoms with Crippen molar-refractivity contribution in [3.05, 3.63) is 99.7 Å². The van der Waals surface area contributed by atoms with Crippen LogP contribution in [0.15, 0.2) is 81.7 Å². The molecule has 180 valence electrons. The summed E-state index contributed by atoms with van der Waals surface area (Å²) in [5.41, 5.74) is 1.39. The van der Waals surface area contributed by atoms with Crippen LogP contribution in [-0.2, 0) is 6.54 Å². The molecule has 35 heavy (non-hydrogen) atoms. The highest BCUT2D eigenvalue weighted by molar-refractivity contribution is 7.07. The summed E-state index contributed by atoms with van der Waals surface area (Å²) in [5, 5.41) is 4.77. The lowest BCUT2D eigenvalue weighted by molar-refractivity contribution is 0.0909. The largest absolute Gasteiger partial charge is 0.493 e. The fourth-order valence-electron chi connectivity index (χ4n) is 3.47. The summed E-state index contributed by atoms with van der Waals surface area (Å²) < 4.78 is 18.0. The molecule has 0 aliphatic rings. The SMILES string of the molecule is COc1ccc(C(=O)N=c2sccn2Cc2ccc(C(=O)N[C@@H](C)c3ccccc3)o2)cc1OC. The average molecular weight is 492 g/mol. The lowest BCUT2D eigenvalue weighted by atomic mass is 10.1. The van der Waals surface area contributed by atoms with Crippen LogP contribution in [0.5, 0.6) is 11.5 Å². The number of furan rings is 1. The molecule has 0 aliphatic carbocycles. The second-order valence-electron chi connectivity index (χ2n) is 7.67. The molecule has 0 radical (unpaired) electrons. The molecule has 0 saturated carbocycles. The van der Waals surface area contributed by atoms with Gasteiger partial charge in [0.25, 0.3) is 11.8 Å². The van der Waals surface area contributed by atoms with Crippen molar-refractivity contribution in [1.82, 2.24) is 9.88 Å². The van der Waals surface area contributed by atoms with Crippen LogP contribution in [0.3, 0.4) is 0 Å². The minimum atomic E-state index is -0.406. The molecule has 2 aromatic carbocycles. The lowest BCUT2D eigenvalue weighted by Crippen LogP contribution is -2.26. The van der Waals surface area contributed by atoms with E-state index in [2.05, 4.69) is 10.3 Å². The Hall–Kier alpha value is -4.11. The van der Waals surface area contributed by atoms with E-state index >= 15 is 0 Å². The van der Waals surface area contributed by atoms with Gasteiger partial charge in [-0.05, 0) is 42.8 Å². The van der Waals surface area contributed by atoms with E-state index in [0.717, 1.165) is 5.56 Å². The second kappa shape index (κ2) is 10.9. The molecule has 4 rings (SSSR count). The van der Waals surface area contributed by atoms with E-state index in [1.54, 1.807) is 34.9 Å². The molecule has 1 atom stereocenters. The normalized spacial score (nSPS) is 12.3. The van der Waals surface area contributed by atoms with Crippen molar-refractivity contribution in [2.24, 2.45) is 4.99 Å². The molecule has 4 aromatic rings. The molecule has 2 heterocycles. The minimum Gasteiger partial charge on any atom is -0.493 e. The van der Waals surface area contributed by atoms with Crippen LogP contribution < -0.4 is 19.6 Å². The lowest BCUT2D eigenvalue weighted by Gasteiger charge is -2.13. The van der Waals surface area contributed by atoms with E-state index in [4.69, 9.17) is 13.9 Å². The number of carbonyl (C=O) groups is 2. The van der Waals surface area contributed by atoms with Crippen molar-refractivity contribution >= 4 is 23.2 Å². The van der Waals surface area contributed by atoms with Gasteiger partial charge in [-0.1, -0.05) is 30.3 Å². The molecular weight excluding hydrogens is 466 g/mol. The Balaban J connectivity index is 1.47. The van der Waals surface area contributed by atoms with Crippen molar-refractivity contribution in [3.8, 4) is 11.5 Å². The molecule has 0 spiro atoms. The van der Waals surface area contributed by atoms with E-state index in [1.807, 2.05) is 48.8 Å². The molecular formula is C26H25N3O5S. The highest BCUT2D eigenvalue weighted by Gasteiger charge is 2.16. The molecule has 1 N–H and O–H groups in total. The Kier molecular flexibility index (Phi) is 7.47. The number of carbonyl (C=O) groups excluding carboxylic acids is 2. The van der Waals surface area contributed by atoms with Crippen molar-refractivity contribution in [2.75, 3.05) is 14.2 Å². The van der Waals surface area contributed by atoms with Crippen LogP contribution in [0, 0.1) is 0 Å². The highest BCUT2D eigenvalue weighted by atomic mass is 32.1. The zero-order valence-corrected chi connectivity index (χ0v) is 20.4.